The maximum absolute atomic E-state index is 12.7. The van der Waals surface area contributed by atoms with Crippen LogP contribution in [0, 0.1) is 0 Å². The van der Waals surface area contributed by atoms with Crippen LogP contribution in [-0.4, -0.2) is 22.8 Å². The number of aromatic nitrogens is 2. The van der Waals surface area contributed by atoms with Crippen molar-refractivity contribution in [3.63, 3.8) is 0 Å². The van der Waals surface area contributed by atoms with E-state index >= 15 is 0 Å². The van der Waals surface area contributed by atoms with E-state index in [1.54, 1.807) is 6.07 Å². The maximum atomic E-state index is 12.7. The molecule has 7 heteroatoms. The van der Waals surface area contributed by atoms with E-state index in [1.165, 1.54) is 12.4 Å². The Morgan fingerprint density at radius 1 is 1.24 bits per heavy atom. The van der Waals surface area contributed by atoms with Crippen LogP contribution >= 0.6 is 0 Å². The molecule has 112 valence electrons. The Balaban J connectivity index is 1.70. The molecule has 1 aliphatic heterocycles. The lowest BCUT2D eigenvalue weighted by atomic mass is 10.2. The largest absolute Gasteiger partial charge is 0.490 e. The zero-order valence-electron chi connectivity index (χ0n) is 11.3. The molecule has 3 rings (SSSR count). The van der Waals surface area contributed by atoms with Gasteiger partial charge in [-0.05, 0) is 12.1 Å². The van der Waals surface area contributed by atoms with Crippen LogP contribution in [0.5, 0.6) is 11.5 Å². The van der Waals surface area contributed by atoms with Crippen LogP contribution in [0.15, 0.2) is 30.6 Å². The van der Waals surface area contributed by atoms with Crippen molar-refractivity contribution >= 4 is 5.69 Å². The highest BCUT2D eigenvalue weighted by Gasteiger charge is 2.13. The fraction of sp³-hybridized carbons (Fsp3) is 0.357. The standard InChI is InChI=1S/C14H15F2N3O2/c15-14(16)19-5-4-17-13(19)9-18-10-2-3-11-12(8-10)21-7-1-6-20-11/h2-5,8,14,18H,1,6-7,9H2. The normalized spacial score (nSPS) is 14.0. The molecule has 0 saturated carbocycles. The number of hydrogen-bond acceptors (Lipinski definition) is 4. The first-order chi connectivity index (χ1) is 10.2. The number of anilines is 1. The SMILES string of the molecule is FC(F)n1ccnc1CNc1ccc2c(c1)OCCCO2. The van der Waals surface area contributed by atoms with Gasteiger partial charge >= 0.3 is 6.55 Å². The summed E-state index contributed by atoms with van der Waals surface area (Å²) in [7, 11) is 0. The number of nitrogens with one attached hydrogen (secondary N) is 1. The van der Waals surface area contributed by atoms with Gasteiger partial charge in [0.1, 0.15) is 5.82 Å². The van der Waals surface area contributed by atoms with E-state index in [1.807, 2.05) is 12.1 Å². The Morgan fingerprint density at radius 2 is 2.05 bits per heavy atom. The van der Waals surface area contributed by atoms with Crippen molar-refractivity contribution in [2.24, 2.45) is 0 Å². The number of hydrogen-bond donors (Lipinski definition) is 1. The third-order valence-electron chi connectivity index (χ3n) is 3.16. The lowest BCUT2D eigenvalue weighted by Gasteiger charge is -2.12. The molecular formula is C14H15F2N3O2. The van der Waals surface area contributed by atoms with Crippen LogP contribution in [0.4, 0.5) is 14.5 Å². The molecule has 1 aromatic carbocycles. The second kappa shape index (κ2) is 5.99. The second-order valence-corrected chi connectivity index (χ2v) is 4.59. The summed E-state index contributed by atoms with van der Waals surface area (Å²) in [5.74, 6) is 1.64. The minimum atomic E-state index is -2.59. The lowest BCUT2D eigenvalue weighted by molar-refractivity contribution is 0.0673. The van der Waals surface area contributed by atoms with Gasteiger partial charge < -0.3 is 14.8 Å². The summed E-state index contributed by atoms with van der Waals surface area (Å²) in [5.41, 5.74) is 0.767. The Morgan fingerprint density at radius 3 is 2.86 bits per heavy atom. The van der Waals surface area contributed by atoms with Gasteiger partial charge in [0.25, 0.3) is 0 Å². The molecule has 21 heavy (non-hydrogen) atoms. The number of fused-ring (bicyclic) bond motifs is 1. The van der Waals surface area contributed by atoms with E-state index in [9.17, 15) is 8.78 Å². The summed E-state index contributed by atoms with van der Waals surface area (Å²) in [6, 6.07) is 5.43. The van der Waals surface area contributed by atoms with Gasteiger partial charge in [-0.3, -0.25) is 4.57 Å². The van der Waals surface area contributed by atoms with Crippen LogP contribution in [-0.2, 0) is 6.54 Å². The Bertz CT molecular complexity index is 616. The molecule has 0 bridgehead atoms. The van der Waals surface area contributed by atoms with Crippen molar-refractivity contribution in [1.82, 2.24) is 9.55 Å². The third-order valence-corrected chi connectivity index (χ3v) is 3.16. The van der Waals surface area contributed by atoms with Gasteiger partial charge in [-0.2, -0.15) is 8.78 Å². The zero-order valence-corrected chi connectivity index (χ0v) is 11.3. The zero-order chi connectivity index (χ0) is 14.7. The molecule has 0 saturated heterocycles. The molecule has 1 N–H and O–H groups in total. The quantitative estimate of drug-likeness (QED) is 0.942. The third kappa shape index (κ3) is 3.07. The summed E-state index contributed by atoms with van der Waals surface area (Å²) in [5, 5.41) is 3.06. The minimum Gasteiger partial charge on any atom is -0.490 e. The van der Waals surface area contributed by atoms with Gasteiger partial charge in [-0.1, -0.05) is 0 Å². The molecule has 1 aliphatic rings. The molecule has 0 spiro atoms. The molecule has 2 aromatic rings. The number of alkyl halides is 2. The molecule has 0 aliphatic carbocycles. The number of imidazole rings is 1. The lowest BCUT2D eigenvalue weighted by Crippen LogP contribution is -2.09. The highest BCUT2D eigenvalue weighted by atomic mass is 19.3. The van der Waals surface area contributed by atoms with Crippen molar-refractivity contribution in [3.8, 4) is 11.5 Å². The van der Waals surface area contributed by atoms with Crippen molar-refractivity contribution in [2.75, 3.05) is 18.5 Å². The number of benzene rings is 1. The van der Waals surface area contributed by atoms with Gasteiger partial charge in [-0.15, -0.1) is 0 Å². The number of rotatable bonds is 4. The fourth-order valence-corrected chi connectivity index (χ4v) is 2.11. The van der Waals surface area contributed by atoms with Crippen LogP contribution in [0.25, 0.3) is 0 Å². The van der Waals surface area contributed by atoms with E-state index in [0.29, 0.717) is 24.7 Å². The monoisotopic (exact) mass is 295 g/mol. The Labute approximate surface area is 120 Å². The molecule has 1 aromatic heterocycles. The molecule has 5 nitrogen and oxygen atoms in total. The number of nitrogens with zero attached hydrogens (tertiary/aromatic N) is 2. The summed E-state index contributed by atoms with van der Waals surface area (Å²) in [6.07, 6.45) is 3.45. The summed E-state index contributed by atoms with van der Waals surface area (Å²) in [6.45, 7) is -1.15. The molecule has 0 unspecified atom stereocenters. The molecule has 0 radical (unpaired) electrons. The smallest absolute Gasteiger partial charge is 0.319 e. The Kier molecular flexibility index (Phi) is 3.89. The number of halogens is 2. The Hall–Kier alpha value is -2.31. The first kappa shape index (κ1) is 13.7. The van der Waals surface area contributed by atoms with E-state index in [4.69, 9.17) is 9.47 Å². The summed E-state index contributed by atoms with van der Waals surface area (Å²) < 4.78 is 37.4. The van der Waals surface area contributed by atoms with Gasteiger partial charge in [0.2, 0.25) is 0 Å². The first-order valence-electron chi connectivity index (χ1n) is 6.67. The topological polar surface area (TPSA) is 48.3 Å². The van der Waals surface area contributed by atoms with E-state index in [-0.39, 0.29) is 12.4 Å². The number of ether oxygens (including phenoxy) is 2. The highest BCUT2D eigenvalue weighted by Crippen LogP contribution is 2.32. The average molecular weight is 295 g/mol. The second-order valence-electron chi connectivity index (χ2n) is 4.59. The summed E-state index contributed by atoms with van der Waals surface area (Å²) in [4.78, 5) is 3.92. The van der Waals surface area contributed by atoms with Crippen molar-refractivity contribution in [1.29, 1.82) is 0 Å². The molecule has 2 heterocycles. The summed E-state index contributed by atoms with van der Waals surface area (Å²) >= 11 is 0. The van der Waals surface area contributed by atoms with Crippen molar-refractivity contribution < 1.29 is 18.3 Å². The van der Waals surface area contributed by atoms with Gasteiger partial charge in [0.05, 0.1) is 19.8 Å². The predicted molar refractivity (Wildman–Crippen MR) is 72.9 cm³/mol. The molecule has 0 fully saturated rings. The van der Waals surface area contributed by atoms with E-state index < -0.39 is 6.55 Å². The van der Waals surface area contributed by atoms with Crippen LogP contribution in [0.3, 0.4) is 0 Å². The fourth-order valence-electron chi connectivity index (χ4n) is 2.11. The average Bonchev–Trinajstić information content (AvgIpc) is 2.83. The van der Waals surface area contributed by atoms with E-state index in [2.05, 4.69) is 10.3 Å². The highest BCUT2D eigenvalue weighted by molar-refractivity contribution is 5.55. The van der Waals surface area contributed by atoms with Crippen LogP contribution < -0.4 is 14.8 Å². The van der Waals surface area contributed by atoms with Gasteiger partial charge in [0, 0.05) is 30.6 Å². The molecule has 0 amide bonds. The van der Waals surface area contributed by atoms with Gasteiger partial charge in [0.15, 0.2) is 11.5 Å². The van der Waals surface area contributed by atoms with Crippen molar-refractivity contribution in [3.05, 3.63) is 36.4 Å². The maximum Gasteiger partial charge on any atom is 0.319 e. The first-order valence-corrected chi connectivity index (χ1v) is 6.67. The van der Waals surface area contributed by atoms with Crippen LogP contribution in [0.2, 0.25) is 0 Å². The van der Waals surface area contributed by atoms with Gasteiger partial charge in [-0.25, -0.2) is 4.98 Å². The van der Waals surface area contributed by atoms with Crippen LogP contribution in [0.1, 0.15) is 18.8 Å². The minimum absolute atomic E-state index is 0.205. The molecular weight excluding hydrogens is 280 g/mol. The molecule has 0 atom stereocenters. The predicted octanol–water partition coefficient (Wildman–Crippen LogP) is 3.05. The van der Waals surface area contributed by atoms with Crippen molar-refractivity contribution in [2.45, 2.75) is 19.5 Å². The van der Waals surface area contributed by atoms with E-state index in [0.717, 1.165) is 16.7 Å².